The van der Waals surface area contributed by atoms with E-state index in [1.807, 2.05) is 26.8 Å². The first-order chi connectivity index (χ1) is 7.06. The van der Waals surface area contributed by atoms with Gasteiger partial charge in [0.2, 0.25) is 0 Å². The van der Waals surface area contributed by atoms with Crippen molar-refractivity contribution < 1.29 is 4.39 Å². The summed E-state index contributed by atoms with van der Waals surface area (Å²) >= 11 is 3.36. The monoisotopic (exact) mass is 270 g/mol. The summed E-state index contributed by atoms with van der Waals surface area (Å²) in [5, 5.41) is 0.914. The van der Waals surface area contributed by atoms with E-state index in [9.17, 15) is 4.39 Å². The Labute approximate surface area is 99.3 Å². The highest BCUT2D eigenvalue weighted by molar-refractivity contribution is 9.09. The quantitative estimate of drug-likeness (QED) is 0.703. The molecular weight excluding hydrogens is 255 g/mol. The largest absolute Gasteiger partial charge is 0.206 e. The van der Waals surface area contributed by atoms with Crippen molar-refractivity contribution in [2.75, 3.05) is 5.33 Å². The first kappa shape index (κ1) is 12.4. The number of benzene rings is 1. The third-order valence-electron chi connectivity index (χ3n) is 2.39. The van der Waals surface area contributed by atoms with Crippen LogP contribution >= 0.6 is 15.9 Å². The van der Waals surface area contributed by atoms with Gasteiger partial charge in [-0.3, -0.25) is 0 Å². The second kappa shape index (κ2) is 5.45. The van der Waals surface area contributed by atoms with Crippen LogP contribution in [0.15, 0.2) is 18.2 Å². The number of aryl methyl sites for hydroxylation is 2. The molecule has 1 aromatic carbocycles. The minimum atomic E-state index is -0.115. The minimum Gasteiger partial charge on any atom is -0.206 e. The van der Waals surface area contributed by atoms with Crippen molar-refractivity contribution in [2.24, 2.45) is 0 Å². The maximum absolute atomic E-state index is 13.7. The van der Waals surface area contributed by atoms with Gasteiger partial charge in [-0.25, -0.2) is 4.39 Å². The summed E-state index contributed by atoms with van der Waals surface area (Å²) in [6.45, 7) is 5.83. The lowest BCUT2D eigenvalue weighted by Gasteiger charge is -2.09. The molecule has 1 rings (SSSR count). The molecule has 0 saturated carbocycles. The van der Waals surface area contributed by atoms with Gasteiger partial charge in [0.25, 0.3) is 0 Å². The van der Waals surface area contributed by atoms with Gasteiger partial charge in [0.1, 0.15) is 5.82 Å². The molecule has 1 aromatic rings. The zero-order chi connectivity index (χ0) is 11.4. The van der Waals surface area contributed by atoms with Gasteiger partial charge in [0, 0.05) is 10.9 Å². The fourth-order valence-corrected chi connectivity index (χ4v) is 2.02. The molecule has 0 heterocycles. The van der Waals surface area contributed by atoms with Crippen LogP contribution in [-0.4, -0.2) is 5.33 Å². The Balaban J connectivity index is 3.14. The molecule has 82 valence electrons. The van der Waals surface area contributed by atoms with E-state index in [1.54, 1.807) is 6.07 Å². The number of halogens is 2. The van der Waals surface area contributed by atoms with Crippen LogP contribution < -0.4 is 0 Å². The number of rotatable bonds is 3. The summed E-state index contributed by atoms with van der Waals surface area (Å²) in [4.78, 5) is 0. The van der Waals surface area contributed by atoms with Crippen LogP contribution in [0.4, 0.5) is 4.39 Å². The average molecular weight is 271 g/mol. The van der Waals surface area contributed by atoms with Gasteiger partial charge < -0.3 is 0 Å². The van der Waals surface area contributed by atoms with Crippen molar-refractivity contribution >= 4 is 21.5 Å². The lowest BCUT2D eigenvalue weighted by Crippen LogP contribution is -1.93. The van der Waals surface area contributed by atoms with E-state index in [0.29, 0.717) is 0 Å². The van der Waals surface area contributed by atoms with E-state index in [1.165, 1.54) is 0 Å². The molecule has 0 atom stereocenters. The highest BCUT2D eigenvalue weighted by Crippen LogP contribution is 2.23. The molecule has 0 amide bonds. The Morgan fingerprint density at radius 3 is 2.60 bits per heavy atom. The van der Waals surface area contributed by atoms with Gasteiger partial charge in [-0.05, 0) is 50.0 Å². The molecule has 0 unspecified atom stereocenters. The second-order valence-corrected chi connectivity index (χ2v) is 4.60. The highest BCUT2D eigenvalue weighted by Gasteiger charge is 2.07. The van der Waals surface area contributed by atoms with Crippen LogP contribution in [-0.2, 0) is 0 Å². The topological polar surface area (TPSA) is 0 Å². The summed E-state index contributed by atoms with van der Waals surface area (Å²) in [6.07, 6.45) is 2.99. The Kier molecular flexibility index (Phi) is 4.52. The lowest BCUT2D eigenvalue weighted by molar-refractivity contribution is 0.621. The smallest absolute Gasteiger partial charge is 0.131 e. The van der Waals surface area contributed by atoms with E-state index in [-0.39, 0.29) is 5.82 Å². The van der Waals surface area contributed by atoms with Crippen LogP contribution in [0.3, 0.4) is 0 Å². The predicted octanol–water partition coefficient (Wildman–Crippen LogP) is 4.63. The lowest BCUT2D eigenvalue weighted by atomic mass is 9.98. The van der Waals surface area contributed by atoms with Gasteiger partial charge in [-0.2, -0.15) is 0 Å². The predicted molar refractivity (Wildman–Crippen MR) is 67.9 cm³/mol. The Morgan fingerprint density at radius 2 is 2.07 bits per heavy atom. The third kappa shape index (κ3) is 3.16. The summed E-state index contributed by atoms with van der Waals surface area (Å²) in [5.41, 5.74) is 3.75. The van der Waals surface area contributed by atoms with Crippen molar-refractivity contribution in [2.45, 2.75) is 27.2 Å². The summed E-state index contributed by atoms with van der Waals surface area (Å²) in [5.74, 6) is -0.115. The zero-order valence-corrected chi connectivity index (χ0v) is 11.0. The Hall–Kier alpha value is -0.630. The first-order valence-corrected chi connectivity index (χ1v) is 6.18. The Morgan fingerprint density at radius 1 is 1.40 bits per heavy atom. The molecule has 0 nitrogen and oxygen atoms in total. The van der Waals surface area contributed by atoms with Crippen molar-refractivity contribution in [3.63, 3.8) is 0 Å². The molecule has 0 aliphatic heterocycles. The van der Waals surface area contributed by atoms with Crippen LogP contribution in [0.5, 0.6) is 0 Å². The third-order valence-corrected chi connectivity index (χ3v) is 2.84. The van der Waals surface area contributed by atoms with E-state index in [4.69, 9.17) is 0 Å². The molecule has 0 saturated heterocycles. The molecule has 0 aromatic heterocycles. The van der Waals surface area contributed by atoms with Crippen LogP contribution in [0, 0.1) is 19.7 Å². The highest BCUT2D eigenvalue weighted by atomic mass is 79.9. The standard InChI is InChI=1S/C13H16BrF/c1-9-7-11(3)13(12(15)8-9)10(2)5-4-6-14/h5,7-8H,4,6H2,1-3H3. The van der Waals surface area contributed by atoms with E-state index >= 15 is 0 Å². The molecule has 15 heavy (non-hydrogen) atoms. The maximum Gasteiger partial charge on any atom is 0.131 e. The fraction of sp³-hybridized carbons (Fsp3) is 0.385. The number of hydrogen-bond acceptors (Lipinski definition) is 0. The van der Waals surface area contributed by atoms with Crippen molar-refractivity contribution in [3.8, 4) is 0 Å². The molecule has 0 spiro atoms. The first-order valence-electron chi connectivity index (χ1n) is 5.06. The average Bonchev–Trinajstić information content (AvgIpc) is 2.12. The number of hydrogen-bond donors (Lipinski definition) is 0. The van der Waals surface area contributed by atoms with Gasteiger partial charge in [0.05, 0.1) is 0 Å². The van der Waals surface area contributed by atoms with Crippen LogP contribution in [0.2, 0.25) is 0 Å². The van der Waals surface area contributed by atoms with Gasteiger partial charge in [0.15, 0.2) is 0 Å². The molecule has 0 fully saturated rings. The van der Waals surface area contributed by atoms with Crippen molar-refractivity contribution in [3.05, 3.63) is 40.7 Å². The summed E-state index contributed by atoms with van der Waals surface area (Å²) in [6, 6.07) is 3.61. The molecular formula is C13H16BrF. The maximum atomic E-state index is 13.7. The van der Waals surface area contributed by atoms with Gasteiger partial charge in [-0.1, -0.05) is 28.1 Å². The molecule has 0 aliphatic rings. The normalized spacial score (nSPS) is 11.9. The van der Waals surface area contributed by atoms with E-state index in [2.05, 4.69) is 22.0 Å². The van der Waals surface area contributed by atoms with E-state index in [0.717, 1.165) is 34.0 Å². The van der Waals surface area contributed by atoms with Crippen molar-refractivity contribution in [1.29, 1.82) is 0 Å². The molecule has 0 N–H and O–H groups in total. The molecule has 2 heteroatoms. The Bertz CT molecular complexity index is 357. The SMILES string of the molecule is CC(=CCCBr)c1c(C)cc(C)cc1F. The zero-order valence-electron chi connectivity index (χ0n) is 9.40. The molecule has 0 bridgehead atoms. The van der Waals surface area contributed by atoms with E-state index < -0.39 is 0 Å². The minimum absolute atomic E-state index is 0.115. The number of allylic oxidation sites excluding steroid dienone is 2. The van der Waals surface area contributed by atoms with Gasteiger partial charge in [-0.15, -0.1) is 0 Å². The summed E-state index contributed by atoms with van der Waals surface area (Å²) in [7, 11) is 0. The summed E-state index contributed by atoms with van der Waals surface area (Å²) < 4.78 is 13.7. The number of alkyl halides is 1. The van der Waals surface area contributed by atoms with Gasteiger partial charge >= 0.3 is 0 Å². The second-order valence-electron chi connectivity index (χ2n) is 3.80. The molecule has 0 radical (unpaired) electrons. The molecule has 0 aliphatic carbocycles. The fourth-order valence-electron chi connectivity index (χ4n) is 1.79. The van der Waals surface area contributed by atoms with Crippen molar-refractivity contribution in [1.82, 2.24) is 0 Å². The van der Waals surface area contributed by atoms with Crippen LogP contribution in [0.25, 0.3) is 5.57 Å². The van der Waals surface area contributed by atoms with Crippen LogP contribution in [0.1, 0.15) is 30.0 Å².